The van der Waals surface area contributed by atoms with Crippen LogP contribution in [0.5, 0.6) is 0 Å². The number of rotatable bonds is 6. The van der Waals surface area contributed by atoms with Crippen LogP contribution in [-0.4, -0.2) is 24.5 Å². The van der Waals surface area contributed by atoms with Gasteiger partial charge in [0.05, 0.1) is 22.2 Å². The zero-order chi connectivity index (χ0) is 42.1. The van der Waals surface area contributed by atoms with E-state index in [2.05, 4.69) is 199 Å². The molecule has 0 atom stereocenters. The highest BCUT2D eigenvalue weighted by molar-refractivity contribution is 7.26. The van der Waals surface area contributed by atoms with Crippen molar-refractivity contribution in [3.63, 3.8) is 0 Å². The number of hydrogen-bond donors (Lipinski definition) is 0. The lowest BCUT2D eigenvalue weighted by molar-refractivity contribution is 1.08. The van der Waals surface area contributed by atoms with Gasteiger partial charge in [0, 0.05) is 69.7 Å². The summed E-state index contributed by atoms with van der Waals surface area (Å²) in [4.78, 5) is 21.1. The van der Waals surface area contributed by atoms with Crippen LogP contribution in [0.3, 0.4) is 0 Å². The van der Waals surface area contributed by atoms with E-state index in [1.165, 1.54) is 25.7 Å². The Morgan fingerprint density at radius 3 is 1.72 bits per heavy atom. The summed E-state index contributed by atoms with van der Waals surface area (Å²) >= 11 is 1.85. The van der Waals surface area contributed by atoms with E-state index in [4.69, 9.17) is 19.9 Å². The Hall–Kier alpha value is -8.32. The van der Waals surface area contributed by atoms with Crippen molar-refractivity contribution < 1.29 is 0 Å². The molecule has 0 aliphatic carbocycles. The van der Waals surface area contributed by atoms with Gasteiger partial charge >= 0.3 is 0 Å². The molecule has 0 unspecified atom stereocenters. The average molecular weight is 834 g/mol. The van der Waals surface area contributed by atoms with Gasteiger partial charge < -0.3 is 4.57 Å². The molecule has 0 saturated carbocycles. The highest BCUT2D eigenvalue weighted by Crippen LogP contribution is 2.44. The van der Waals surface area contributed by atoms with Crippen LogP contribution < -0.4 is 0 Å². The molecule has 4 heterocycles. The van der Waals surface area contributed by atoms with Crippen molar-refractivity contribution >= 4 is 75.0 Å². The second-order valence-corrected chi connectivity index (χ2v) is 17.2. The van der Waals surface area contributed by atoms with Crippen molar-refractivity contribution in [2.75, 3.05) is 0 Å². The summed E-state index contributed by atoms with van der Waals surface area (Å²) in [5.74, 6) is 1.86. The topological polar surface area (TPSA) is 56.5 Å². The number of pyridine rings is 1. The fourth-order valence-corrected chi connectivity index (χ4v) is 10.7. The van der Waals surface area contributed by atoms with Crippen LogP contribution >= 0.6 is 11.3 Å². The van der Waals surface area contributed by atoms with Gasteiger partial charge in [-0.15, -0.1) is 11.3 Å². The Bertz CT molecular complexity index is 3930. The monoisotopic (exact) mass is 833 g/mol. The number of benzene rings is 9. The summed E-state index contributed by atoms with van der Waals surface area (Å²) in [7, 11) is 0. The van der Waals surface area contributed by atoms with E-state index in [0.717, 1.165) is 82.7 Å². The summed E-state index contributed by atoms with van der Waals surface area (Å²) in [6.07, 6.45) is 0. The zero-order valence-corrected chi connectivity index (χ0v) is 35.2. The minimum Gasteiger partial charge on any atom is -0.309 e. The maximum atomic E-state index is 5.35. The van der Waals surface area contributed by atoms with Gasteiger partial charge in [-0.25, -0.2) is 19.9 Å². The van der Waals surface area contributed by atoms with E-state index in [1.807, 2.05) is 29.5 Å². The van der Waals surface area contributed by atoms with Crippen LogP contribution in [-0.2, 0) is 0 Å². The van der Waals surface area contributed by atoms with E-state index in [1.54, 1.807) is 0 Å². The second-order valence-electron chi connectivity index (χ2n) is 16.2. The van der Waals surface area contributed by atoms with E-state index >= 15 is 0 Å². The minimum atomic E-state index is 0.616. The van der Waals surface area contributed by atoms with E-state index in [0.29, 0.717) is 17.5 Å². The lowest BCUT2D eigenvalue weighted by Crippen LogP contribution is -2.00. The molecule has 0 N–H and O–H groups in total. The predicted octanol–water partition coefficient (Wildman–Crippen LogP) is 15.4. The van der Waals surface area contributed by atoms with Gasteiger partial charge in [-0.1, -0.05) is 170 Å². The van der Waals surface area contributed by atoms with Crippen molar-refractivity contribution in [1.82, 2.24) is 24.5 Å². The summed E-state index contributed by atoms with van der Waals surface area (Å²) in [6, 6.07) is 74.9. The Kier molecular flexibility index (Phi) is 8.32. The highest BCUT2D eigenvalue weighted by Gasteiger charge is 2.22. The lowest BCUT2D eigenvalue weighted by atomic mass is 9.97. The van der Waals surface area contributed by atoms with Gasteiger partial charge in [-0.2, -0.15) is 0 Å². The number of fused-ring (bicyclic) bond motifs is 9. The van der Waals surface area contributed by atoms with E-state index < -0.39 is 0 Å². The lowest BCUT2D eigenvalue weighted by Gasteiger charge is -2.12. The van der Waals surface area contributed by atoms with Gasteiger partial charge in [0.25, 0.3) is 0 Å². The van der Waals surface area contributed by atoms with E-state index in [-0.39, 0.29) is 0 Å². The first kappa shape index (κ1) is 36.3. The maximum Gasteiger partial charge on any atom is 0.164 e. The van der Waals surface area contributed by atoms with Gasteiger partial charge in [-0.05, 0) is 59.0 Å². The molecule has 5 nitrogen and oxygen atoms in total. The molecule has 4 aromatic heterocycles. The maximum absolute atomic E-state index is 5.35. The molecule has 0 spiro atoms. The number of hydrogen-bond acceptors (Lipinski definition) is 5. The molecule has 6 heteroatoms. The first-order valence-corrected chi connectivity index (χ1v) is 22.3. The largest absolute Gasteiger partial charge is 0.309 e. The zero-order valence-electron chi connectivity index (χ0n) is 34.4. The molecule has 13 aromatic rings. The number of thiophene rings is 1. The SMILES string of the molecule is c1ccc(-c2nc(-c3ccc(-c4cccc5c4sc4ccccc45)cc3)nc(-c3cccc4c3c3cc5c(cc3n4-c3ccccc3)c(-c3ccccc3)nc3ccccc35)n2)cc1. The Morgan fingerprint density at radius 1 is 0.344 bits per heavy atom. The number of para-hydroxylation sites is 2. The van der Waals surface area contributed by atoms with Gasteiger partial charge in [-0.3, -0.25) is 0 Å². The molecule has 64 heavy (non-hydrogen) atoms. The Morgan fingerprint density at radius 2 is 0.938 bits per heavy atom. The average Bonchev–Trinajstić information content (AvgIpc) is 3.92. The van der Waals surface area contributed by atoms with Crippen LogP contribution in [0.2, 0.25) is 0 Å². The minimum absolute atomic E-state index is 0.616. The van der Waals surface area contributed by atoms with Crippen molar-refractivity contribution in [2.24, 2.45) is 0 Å². The van der Waals surface area contributed by atoms with Crippen LogP contribution in [0.4, 0.5) is 0 Å². The van der Waals surface area contributed by atoms with Crippen molar-refractivity contribution in [1.29, 1.82) is 0 Å². The molecule has 0 amide bonds. The quantitative estimate of drug-likeness (QED) is 0.157. The Balaban J connectivity index is 1.05. The first-order valence-electron chi connectivity index (χ1n) is 21.5. The molecule has 0 fully saturated rings. The first-order chi connectivity index (χ1) is 31.7. The summed E-state index contributed by atoms with van der Waals surface area (Å²) < 4.78 is 4.96. The third kappa shape index (κ3) is 5.84. The number of nitrogens with zero attached hydrogens (tertiary/aromatic N) is 5. The highest BCUT2D eigenvalue weighted by atomic mass is 32.1. The normalized spacial score (nSPS) is 11.8. The van der Waals surface area contributed by atoms with Crippen molar-refractivity contribution in [2.45, 2.75) is 0 Å². The molecule has 0 aliphatic heterocycles. The third-order valence-electron chi connectivity index (χ3n) is 12.4. The summed E-state index contributed by atoms with van der Waals surface area (Å²) in [5.41, 5.74) is 11.4. The number of aromatic nitrogens is 5. The van der Waals surface area contributed by atoms with Crippen LogP contribution in [0.15, 0.2) is 212 Å². The van der Waals surface area contributed by atoms with Crippen LogP contribution in [0.1, 0.15) is 0 Å². The molecule has 0 radical (unpaired) electrons. The van der Waals surface area contributed by atoms with Crippen molar-refractivity contribution in [3.8, 4) is 62.2 Å². The summed E-state index contributed by atoms with van der Waals surface area (Å²) in [6.45, 7) is 0. The van der Waals surface area contributed by atoms with Gasteiger partial charge in [0.15, 0.2) is 17.5 Å². The standard InChI is InChI=1S/C58H35N5S/c1-4-16-37(17-5-1)54-47-35-51-48(34-46(47)42-22-10-12-27-49(42)59-54)53-45(26-15-28-50(53)63(51)40-20-8-3-9-21-40)58-61-56(38-18-6-2-7-19-38)60-57(62-58)39-32-30-36(31-33-39)41-24-14-25-44-43-23-11-13-29-52(43)64-55(41)44/h1-35H. The molecule has 0 aliphatic rings. The van der Waals surface area contributed by atoms with Crippen LogP contribution in [0.25, 0.3) is 126 Å². The molecule has 0 saturated heterocycles. The fraction of sp³-hybridized carbons (Fsp3) is 0. The fourth-order valence-electron chi connectivity index (χ4n) is 9.48. The van der Waals surface area contributed by atoms with Gasteiger partial charge in [0.1, 0.15) is 0 Å². The smallest absolute Gasteiger partial charge is 0.164 e. The third-order valence-corrected chi connectivity index (χ3v) is 13.7. The Labute approximate surface area is 372 Å². The van der Waals surface area contributed by atoms with E-state index in [9.17, 15) is 0 Å². The van der Waals surface area contributed by atoms with Gasteiger partial charge in [0.2, 0.25) is 0 Å². The van der Waals surface area contributed by atoms with Crippen molar-refractivity contribution in [3.05, 3.63) is 212 Å². The van der Waals surface area contributed by atoms with Crippen LogP contribution in [0, 0.1) is 0 Å². The molecule has 13 rings (SSSR count). The molecular formula is C58H35N5S. The predicted molar refractivity (Wildman–Crippen MR) is 267 cm³/mol. The summed E-state index contributed by atoms with van der Waals surface area (Å²) in [5, 5.41) is 8.12. The molecule has 298 valence electrons. The second kappa shape index (κ2) is 14.7. The molecule has 9 aromatic carbocycles. The molecular weight excluding hydrogens is 799 g/mol. The molecule has 0 bridgehead atoms.